The second-order valence-corrected chi connectivity index (χ2v) is 12.8. The van der Waals surface area contributed by atoms with E-state index >= 15 is 0 Å². The summed E-state index contributed by atoms with van der Waals surface area (Å²) in [6.07, 6.45) is 2.00. The summed E-state index contributed by atoms with van der Waals surface area (Å²) in [6.45, 7) is 2.11. The summed E-state index contributed by atoms with van der Waals surface area (Å²) in [5, 5.41) is 3.32. The molecule has 0 aromatic heterocycles. The summed E-state index contributed by atoms with van der Waals surface area (Å²) in [5.41, 5.74) is 6.97. The van der Waals surface area contributed by atoms with Crippen LogP contribution in [0.1, 0.15) is 41.1 Å². The van der Waals surface area contributed by atoms with Crippen LogP contribution in [0, 0.1) is 5.92 Å². The van der Waals surface area contributed by atoms with Crippen LogP contribution >= 0.6 is 11.6 Å². The normalized spacial score (nSPS) is 24.3. The van der Waals surface area contributed by atoms with Gasteiger partial charge in [0.15, 0.2) is 0 Å². The van der Waals surface area contributed by atoms with Gasteiger partial charge in [-0.25, -0.2) is 8.42 Å². The van der Waals surface area contributed by atoms with E-state index in [9.17, 15) is 18.0 Å². The van der Waals surface area contributed by atoms with Gasteiger partial charge in [0.25, 0.3) is 0 Å². The van der Waals surface area contributed by atoms with Crippen LogP contribution in [0.3, 0.4) is 0 Å². The number of hydrogen-bond acceptors (Lipinski definition) is 4. The summed E-state index contributed by atoms with van der Waals surface area (Å²) in [7, 11) is 0.179. The van der Waals surface area contributed by atoms with E-state index < -0.39 is 22.0 Å². The standard InChI is InChI=1S/C26H33ClN4O4S/c1-31(2)16-18(23(17-31)21-7-3-4-8-22(21)25(28)32)15-30(24-9-5-6-14-29-26(24)33)36(34,35)20-12-10-19(27)11-13-20/h3-4,7-8,10-13,18,23-24H,5-6,9,14-17H2,1-2H3,(H2-,28,29,32,33)/p+1. The SMILES string of the molecule is C[N+]1(C)CC(CN(C2CCCCNC2=O)S(=O)(=O)c2ccc(Cl)cc2)C(c2ccccc2C(N)=O)C1. The predicted octanol–water partition coefficient (Wildman–Crippen LogP) is 2.59. The lowest BCUT2D eigenvalue weighted by Crippen LogP contribution is -2.51. The molecule has 2 aromatic carbocycles. The number of nitrogens with two attached hydrogens (primary N) is 1. The molecule has 194 valence electrons. The minimum Gasteiger partial charge on any atom is -0.366 e. The van der Waals surface area contributed by atoms with E-state index in [1.54, 1.807) is 24.3 Å². The number of likely N-dealkylation sites (tertiary alicyclic amines) is 1. The number of nitrogens with one attached hydrogen (secondary N) is 1. The molecule has 10 heteroatoms. The van der Waals surface area contributed by atoms with Crippen LogP contribution in [0.15, 0.2) is 53.4 Å². The van der Waals surface area contributed by atoms with Crippen molar-refractivity contribution in [1.82, 2.24) is 9.62 Å². The number of primary amides is 1. The second kappa shape index (κ2) is 10.5. The monoisotopic (exact) mass is 533 g/mol. The maximum Gasteiger partial charge on any atom is 0.248 e. The molecule has 0 aliphatic carbocycles. The van der Waals surface area contributed by atoms with Gasteiger partial charge in [-0.3, -0.25) is 9.59 Å². The molecule has 2 heterocycles. The molecule has 3 N–H and O–H groups in total. The Morgan fingerprint density at radius 3 is 2.50 bits per heavy atom. The minimum atomic E-state index is -4.01. The third-order valence-corrected chi connectivity index (χ3v) is 9.44. The van der Waals surface area contributed by atoms with E-state index in [1.807, 2.05) is 12.1 Å². The quantitative estimate of drug-likeness (QED) is 0.533. The van der Waals surface area contributed by atoms with Gasteiger partial charge in [0.05, 0.1) is 32.1 Å². The molecular formula is C26H34ClN4O4S+. The molecule has 0 saturated carbocycles. The average molecular weight is 534 g/mol. The summed E-state index contributed by atoms with van der Waals surface area (Å²) >= 11 is 6.02. The zero-order valence-electron chi connectivity index (χ0n) is 20.7. The fourth-order valence-electron chi connectivity index (χ4n) is 5.66. The van der Waals surface area contributed by atoms with E-state index in [0.29, 0.717) is 34.6 Å². The van der Waals surface area contributed by atoms with E-state index in [-0.39, 0.29) is 29.2 Å². The molecule has 3 unspecified atom stereocenters. The van der Waals surface area contributed by atoms with Crippen LogP contribution in [-0.4, -0.2) is 75.3 Å². The largest absolute Gasteiger partial charge is 0.366 e. The van der Waals surface area contributed by atoms with E-state index in [4.69, 9.17) is 17.3 Å². The summed E-state index contributed by atoms with van der Waals surface area (Å²) < 4.78 is 30.0. The Kier molecular flexibility index (Phi) is 7.75. The van der Waals surface area contributed by atoms with Crippen molar-refractivity contribution in [3.63, 3.8) is 0 Å². The Bertz CT molecular complexity index is 1230. The van der Waals surface area contributed by atoms with Crippen LogP contribution in [0.2, 0.25) is 5.02 Å². The predicted molar refractivity (Wildman–Crippen MR) is 139 cm³/mol. The summed E-state index contributed by atoms with van der Waals surface area (Å²) in [6, 6.07) is 12.5. The van der Waals surface area contributed by atoms with Crippen molar-refractivity contribution in [1.29, 1.82) is 0 Å². The third-order valence-electron chi connectivity index (χ3n) is 7.30. The first kappa shape index (κ1) is 26.6. The summed E-state index contributed by atoms with van der Waals surface area (Å²) in [4.78, 5) is 25.4. The van der Waals surface area contributed by atoms with Crippen molar-refractivity contribution < 1.29 is 22.5 Å². The van der Waals surface area contributed by atoms with Gasteiger partial charge >= 0.3 is 0 Å². The van der Waals surface area contributed by atoms with Gasteiger partial charge in [-0.1, -0.05) is 29.8 Å². The fraction of sp³-hybridized carbons (Fsp3) is 0.462. The Morgan fingerprint density at radius 2 is 1.81 bits per heavy atom. The van der Waals surface area contributed by atoms with Gasteiger partial charge in [-0.15, -0.1) is 0 Å². The lowest BCUT2D eigenvalue weighted by molar-refractivity contribution is -0.879. The number of rotatable bonds is 7. The first-order valence-corrected chi connectivity index (χ1v) is 14.1. The van der Waals surface area contributed by atoms with Gasteiger partial charge in [0.1, 0.15) is 6.04 Å². The molecule has 0 bridgehead atoms. The second-order valence-electron chi connectivity index (χ2n) is 10.5. The Balaban J connectivity index is 1.77. The molecule has 4 rings (SSSR count). The number of sulfonamides is 1. The molecule has 0 spiro atoms. The lowest BCUT2D eigenvalue weighted by Gasteiger charge is -2.32. The highest BCUT2D eigenvalue weighted by Crippen LogP contribution is 2.39. The molecule has 2 aliphatic rings. The van der Waals surface area contributed by atoms with Gasteiger partial charge in [0.2, 0.25) is 21.8 Å². The van der Waals surface area contributed by atoms with Crippen LogP contribution in [-0.2, 0) is 14.8 Å². The molecule has 0 radical (unpaired) electrons. The Morgan fingerprint density at radius 1 is 1.11 bits per heavy atom. The first-order valence-electron chi connectivity index (χ1n) is 12.3. The van der Waals surface area contributed by atoms with Crippen LogP contribution < -0.4 is 11.1 Å². The highest BCUT2D eigenvalue weighted by molar-refractivity contribution is 7.89. The zero-order chi connectivity index (χ0) is 26.1. The first-order chi connectivity index (χ1) is 17.0. The van der Waals surface area contributed by atoms with Crippen LogP contribution in [0.5, 0.6) is 0 Å². The molecule has 2 saturated heterocycles. The van der Waals surface area contributed by atoms with Crippen molar-refractivity contribution in [2.45, 2.75) is 36.1 Å². The maximum atomic E-state index is 14.0. The van der Waals surface area contributed by atoms with Crippen molar-refractivity contribution >= 4 is 33.4 Å². The smallest absolute Gasteiger partial charge is 0.248 e. The third kappa shape index (κ3) is 5.59. The minimum absolute atomic E-state index is 0.0968. The zero-order valence-corrected chi connectivity index (χ0v) is 22.3. The van der Waals surface area contributed by atoms with E-state index in [0.717, 1.165) is 24.9 Å². The van der Waals surface area contributed by atoms with Crippen molar-refractivity contribution in [3.8, 4) is 0 Å². The van der Waals surface area contributed by atoms with Gasteiger partial charge in [-0.2, -0.15) is 4.31 Å². The number of amides is 2. The van der Waals surface area contributed by atoms with Crippen molar-refractivity contribution in [3.05, 3.63) is 64.7 Å². The van der Waals surface area contributed by atoms with Crippen LogP contribution in [0.25, 0.3) is 0 Å². The average Bonchev–Trinajstić information content (AvgIpc) is 2.98. The van der Waals surface area contributed by atoms with Crippen LogP contribution in [0.4, 0.5) is 0 Å². The number of carbonyl (C=O) groups is 2. The molecule has 3 atom stereocenters. The number of nitrogens with zero attached hydrogens (tertiary/aromatic N) is 2. The number of quaternary nitrogens is 1. The molecule has 2 fully saturated rings. The van der Waals surface area contributed by atoms with E-state index in [1.165, 1.54) is 16.4 Å². The molecule has 2 aliphatic heterocycles. The fourth-order valence-corrected chi connectivity index (χ4v) is 7.46. The number of halogens is 1. The van der Waals surface area contributed by atoms with Gasteiger partial charge in [-0.05, 0) is 55.2 Å². The number of benzene rings is 2. The summed E-state index contributed by atoms with van der Waals surface area (Å²) in [5.74, 6) is -1.000. The molecule has 8 nitrogen and oxygen atoms in total. The Hall–Kier alpha value is -2.46. The number of hydrogen-bond donors (Lipinski definition) is 2. The Labute approximate surface area is 218 Å². The van der Waals surface area contributed by atoms with Gasteiger partial charge < -0.3 is 15.5 Å². The van der Waals surface area contributed by atoms with Gasteiger partial charge in [0, 0.05) is 35.5 Å². The maximum absolute atomic E-state index is 14.0. The van der Waals surface area contributed by atoms with E-state index in [2.05, 4.69) is 19.4 Å². The molecule has 2 amide bonds. The number of carbonyl (C=O) groups excluding carboxylic acids is 2. The van der Waals surface area contributed by atoms with Crippen molar-refractivity contribution in [2.24, 2.45) is 11.7 Å². The number of likely N-dealkylation sites (N-methyl/N-ethyl adjacent to an activating group) is 1. The molecule has 2 aromatic rings. The lowest BCUT2D eigenvalue weighted by atomic mass is 9.85. The highest BCUT2D eigenvalue weighted by atomic mass is 35.5. The van der Waals surface area contributed by atoms with Crippen molar-refractivity contribution in [2.75, 3.05) is 40.3 Å². The highest BCUT2D eigenvalue weighted by Gasteiger charge is 2.46. The molecular weight excluding hydrogens is 500 g/mol. The topological polar surface area (TPSA) is 110 Å². The molecule has 36 heavy (non-hydrogen) atoms.